The number of alkyl halides is 3. The Morgan fingerprint density at radius 3 is 2.30 bits per heavy atom. The first-order valence-electron chi connectivity index (χ1n) is 6.46. The van der Waals surface area contributed by atoms with Crippen LogP contribution in [0.15, 0.2) is 6.07 Å². The predicted octanol–water partition coefficient (Wildman–Crippen LogP) is 1.84. The highest BCUT2D eigenvalue weighted by atomic mass is 19.4. The molecule has 2 amide bonds. The minimum Gasteiger partial charge on any atom is -0.354 e. The fourth-order valence-corrected chi connectivity index (χ4v) is 1.99. The van der Waals surface area contributed by atoms with E-state index in [1.54, 1.807) is 6.92 Å². The molecule has 1 rings (SSSR count). The second-order valence-electron chi connectivity index (χ2n) is 4.56. The molecule has 0 aromatic carbocycles. The molecule has 0 fully saturated rings. The summed E-state index contributed by atoms with van der Waals surface area (Å²) in [5.41, 5.74) is -0.989. The highest BCUT2D eigenvalue weighted by molar-refractivity contribution is 5.87. The summed E-state index contributed by atoms with van der Waals surface area (Å²) in [4.78, 5) is 17.1. The van der Waals surface area contributed by atoms with E-state index in [9.17, 15) is 18.0 Å². The fraction of sp³-hybridized carbons (Fsp3) is 0.667. The van der Waals surface area contributed by atoms with Gasteiger partial charge in [-0.15, -0.1) is 0 Å². The van der Waals surface area contributed by atoms with E-state index in [2.05, 4.69) is 10.4 Å². The molecule has 1 N–H and O–H groups in total. The second kappa shape index (κ2) is 7.62. The van der Waals surface area contributed by atoms with Gasteiger partial charge in [0.25, 0.3) is 0 Å². The number of hydrogen-bond acceptors (Lipinski definition) is 5. The van der Waals surface area contributed by atoms with Crippen LogP contribution in [0.4, 0.5) is 23.8 Å². The van der Waals surface area contributed by atoms with Gasteiger partial charge in [0.15, 0.2) is 12.1 Å². The number of rotatable bonds is 6. The van der Waals surface area contributed by atoms with Crippen LogP contribution in [-0.4, -0.2) is 54.5 Å². The summed E-state index contributed by atoms with van der Waals surface area (Å²) in [5, 5.41) is 6.70. The van der Waals surface area contributed by atoms with Gasteiger partial charge in [0.1, 0.15) is 11.7 Å². The third kappa shape index (κ3) is 4.56. The minimum atomic E-state index is -4.57. The molecule has 23 heavy (non-hydrogen) atoms. The molecule has 1 unspecified atom stereocenters. The summed E-state index contributed by atoms with van der Waals surface area (Å²) in [5.74, 6) is -0.259. The first-order chi connectivity index (χ1) is 10.6. The van der Waals surface area contributed by atoms with Gasteiger partial charge >= 0.3 is 12.2 Å². The lowest BCUT2D eigenvalue weighted by Crippen LogP contribution is -2.47. The van der Waals surface area contributed by atoms with Gasteiger partial charge < -0.3 is 9.47 Å². The Kier molecular flexibility index (Phi) is 6.36. The van der Waals surface area contributed by atoms with Crippen molar-refractivity contribution in [3.05, 3.63) is 11.8 Å². The maximum atomic E-state index is 12.7. The number of aromatic nitrogens is 2. The molecule has 0 aliphatic heterocycles. The molecule has 132 valence electrons. The Balaban J connectivity index is 2.89. The van der Waals surface area contributed by atoms with E-state index < -0.39 is 30.2 Å². The number of carbonyl (C=O) groups is 1. The number of ether oxygens (including phenoxy) is 2. The van der Waals surface area contributed by atoms with Crippen molar-refractivity contribution in [2.45, 2.75) is 25.4 Å². The Morgan fingerprint density at radius 2 is 1.91 bits per heavy atom. The maximum Gasteiger partial charge on any atom is 0.433 e. The Bertz CT molecular complexity index is 531. The lowest BCUT2D eigenvalue weighted by Gasteiger charge is -2.30. The number of carbonyl (C=O) groups excluding carboxylic acids is 1. The second-order valence-corrected chi connectivity index (χ2v) is 4.56. The standard InChI is InChI=1S/C12H19F3N4O4/c1-7(10(21-3)22-4)19(23-5)11(20)16-9-6-8(12(13,14)15)18(2)17-9/h6-7,10H,1-5H3,(H,16,17,20). The molecule has 1 heterocycles. The highest BCUT2D eigenvalue weighted by Gasteiger charge is 2.35. The van der Waals surface area contributed by atoms with Crippen molar-refractivity contribution >= 4 is 11.8 Å². The van der Waals surface area contributed by atoms with Gasteiger partial charge in [0, 0.05) is 27.3 Å². The van der Waals surface area contributed by atoms with Crippen molar-refractivity contribution in [2.75, 3.05) is 26.6 Å². The highest BCUT2D eigenvalue weighted by Crippen LogP contribution is 2.30. The number of anilines is 1. The average Bonchev–Trinajstić information content (AvgIpc) is 2.81. The molecule has 8 nitrogen and oxygen atoms in total. The number of hydrogen-bond donors (Lipinski definition) is 1. The van der Waals surface area contributed by atoms with Crippen LogP contribution in [-0.2, 0) is 27.5 Å². The molecule has 1 aromatic heterocycles. The third-order valence-corrected chi connectivity index (χ3v) is 3.03. The third-order valence-electron chi connectivity index (χ3n) is 3.03. The maximum absolute atomic E-state index is 12.7. The average molecular weight is 340 g/mol. The summed E-state index contributed by atoms with van der Waals surface area (Å²) < 4.78 is 48.8. The molecule has 0 spiro atoms. The zero-order valence-corrected chi connectivity index (χ0v) is 13.3. The van der Waals surface area contributed by atoms with Crippen LogP contribution in [0, 0.1) is 0 Å². The van der Waals surface area contributed by atoms with E-state index >= 15 is 0 Å². The van der Waals surface area contributed by atoms with E-state index in [0.717, 1.165) is 18.2 Å². The minimum absolute atomic E-state index is 0.259. The van der Waals surface area contributed by atoms with Crippen molar-refractivity contribution in [3.8, 4) is 0 Å². The van der Waals surface area contributed by atoms with Crippen molar-refractivity contribution in [2.24, 2.45) is 7.05 Å². The van der Waals surface area contributed by atoms with Gasteiger partial charge in [-0.05, 0) is 6.92 Å². The monoisotopic (exact) mass is 340 g/mol. The first kappa shape index (κ1) is 19.2. The molecule has 1 atom stereocenters. The number of hydroxylamine groups is 2. The summed E-state index contributed by atoms with van der Waals surface area (Å²) in [7, 11) is 5.12. The van der Waals surface area contributed by atoms with Crippen LogP contribution in [0.1, 0.15) is 12.6 Å². The van der Waals surface area contributed by atoms with E-state index in [-0.39, 0.29) is 5.82 Å². The zero-order chi connectivity index (χ0) is 17.8. The molecular formula is C12H19F3N4O4. The summed E-state index contributed by atoms with van der Waals surface area (Å²) in [6, 6.07) is -0.757. The van der Waals surface area contributed by atoms with Crippen molar-refractivity contribution in [1.82, 2.24) is 14.8 Å². The zero-order valence-electron chi connectivity index (χ0n) is 13.3. The molecule has 0 bridgehead atoms. The van der Waals surface area contributed by atoms with Gasteiger partial charge in [-0.2, -0.15) is 23.3 Å². The number of methoxy groups -OCH3 is 2. The largest absolute Gasteiger partial charge is 0.433 e. The smallest absolute Gasteiger partial charge is 0.354 e. The summed E-state index contributed by atoms with van der Waals surface area (Å²) in [6.45, 7) is 1.58. The van der Waals surface area contributed by atoms with Crippen LogP contribution in [0.25, 0.3) is 0 Å². The Hall–Kier alpha value is -1.85. The number of nitrogens with zero attached hydrogens (tertiary/aromatic N) is 3. The van der Waals surface area contributed by atoms with Crippen LogP contribution < -0.4 is 5.32 Å². The van der Waals surface area contributed by atoms with Crippen LogP contribution >= 0.6 is 0 Å². The van der Waals surface area contributed by atoms with Gasteiger partial charge in [-0.3, -0.25) is 14.8 Å². The SMILES string of the molecule is COC(OC)C(C)N(OC)C(=O)Nc1cc(C(F)(F)F)n(C)n1. The number of nitrogens with one attached hydrogen (secondary N) is 1. The summed E-state index contributed by atoms with van der Waals surface area (Å²) >= 11 is 0. The van der Waals surface area contributed by atoms with E-state index in [1.807, 2.05) is 0 Å². The van der Waals surface area contributed by atoms with Crippen LogP contribution in [0.5, 0.6) is 0 Å². The van der Waals surface area contributed by atoms with Gasteiger partial charge in [-0.1, -0.05) is 0 Å². The molecule has 0 radical (unpaired) electrons. The molecular weight excluding hydrogens is 321 g/mol. The molecule has 0 aliphatic carbocycles. The van der Waals surface area contributed by atoms with Crippen molar-refractivity contribution in [3.63, 3.8) is 0 Å². The lowest BCUT2D eigenvalue weighted by atomic mass is 10.3. The van der Waals surface area contributed by atoms with E-state index in [4.69, 9.17) is 14.3 Å². The number of amides is 2. The first-order valence-corrected chi connectivity index (χ1v) is 6.46. The Morgan fingerprint density at radius 1 is 1.35 bits per heavy atom. The van der Waals surface area contributed by atoms with Crippen molar-refractivity contribution < 1.29 is 32.3 Å². The Labute approximate surface area is 131 Å². The lowest BCUT2D eigenvalue weighted by molar-refractivity contribution is -0.201. The molecule has 11 heteroatoms. The predicted molar refractivity (Wildman–Crippen MR) is 73.3 cm³/mol. The molecule has 1 aromatic rings. The topological polar surface area (TPSA) is 77.9 Å². The van der Waals surface area contributed by atoms with Gasteiger partial charge in [0.2, 0.25) is 0 Å². The quantitative estimate of drug-likeness (QED) is 0.632. The van der Waals surface area contributed by atoms with Crippen LogP contribution in [0.2, 0.25) is 0 Å². The number of urea groups is 1. The molecule has 0 saturated heterocycles. The van der Waals surface area contributed by atoms with Crippen molar-refractivity contribution in [1.29, 1.82) is 0 Å². The number of halogens is 3. The van der Waals surface area contributed by atoms with Gasteiger partial charge in [-0.25, -0.2) is 4.79 Å². The van der Waals surface area contributed by atoms with Gasteiger partial charge in [0.05, 0.1) is 7.11 Å². The fourth-order valence-electron chi connectivity index (χ4n) is 1.99. The normalized spacial score (nSPS) is 13.3. The summed E-state index contributed by atoms with van der Waals surface area (Å²) in [6.07, 6.45) is -5.36. The number of aryl methyl sites for hydroxylation is 1. The molecule has 0 aliphatic rings. The molecule has 0 saturated carbocycles. The van der Waals surface area contributed by atoms with Crippen LogP contribution in [0.3, 0.4) is 0 Å². The van der Waals surface area contributed by atoms with E-state index in [0.29, 0.717) is 4.68 Å². The van der Waals surface area contributed by atoms with E-state index in [1.165, 1.54) is 21.3 Å².